The highest BCUT2D eigenvalue weighted by Gasteiger charge is 2.28. The van der Waals surface area contributed by atoms with Crippen LogP contribution in [0, 0.1) is 17.7 Å². The van der Waals surface area contributed by atoms with Gasteiger partial charge in [0.25, 0.3) is 0 Å². The number of nitrogens with zero attached hydrogens (tertiary/aromatic N) is 2. The summed E-state index contributed by atoms with van der Waals surface area (Å²) in [6, 6.07) is 17.2. The van der Waals surface area contributed by atoms with Gasteiger partial charge in [-0.25, -0.2) is 4.39 Å². The summed E-state index contributed by atoms with van der Waals surface area (Å²) in [5.41, 5.74) is 2.24. The first kappa shape index (κ1) is 19.9. The monoisotopic (exact) mass is 395 g/mol. The Morgan fingerprint density at radius 3 is 2.72 bits per heavy atom. The van der Waals surface area contributed by atoms with Gasteiger partial charge >= 0.3 is 0 Å². The maximum atomic E-state index is 13.4. The van der Waals surface area contributed by atoms with Crippen molar-refractivity contribution in [2.75, 3.05) is 37.6 Å². The normalized spacial score (nSPS) is 22.6. The highest BCUT2D eigenvalue weighted by atomic mass is 19.1. The number of benzene rings is 2. The number of piperidine rings is 1. The molecule has 154 valence electrons. The largest absolute Gasteiger partial charge is 0.371 e. The van der Waals surface area contributed by atoms with E-state index in [0.717, 1.165) is 57.5 Å². The number of para-hydroxylation sites is 1. The third-order valence-electron chi connectivity index (χ3n) is 6.14. The first-order valence-electron chi connectivity index (χ1n) is 10.7. The molecule has 5 heteroatoms. The molecule has 0 saturated carbocycles. The van der Waals surface area contributed by atoms with Gasteiger partial charge in [0.2, 0.25) is 5.91 Å². The van der Waals surface area contributed by atoms with Gasteiger partial charge in [-0.15, -0.1) is 0 Å². The lowest BCUT2D eigenvalue weighted by Gasteiger charge is -2.32. The molecular formula is C24H30FN3O. The Hall–Kier alpha value is -2.40. The molecule has 2 saturated heterocycles. The topological polar surface area (TPSA) is 35.6 Å². The molecule has 2 aliphatic heterocycles. The van der Waals surface area contributed by atoms with E-state index in [0.29, 0.717) is 12.5 Å². The van der Waals surface area contributed by atoms with E-state index in [1.165, 1.54) is 11.8 Å². The van der Waals surface area contributed by atoms with E-state index in [4.69, 9.17) is 0 Å². The fourth-order valence-corrected chi connectivity index (χ4v) is 4.57. The van der Waals surface area contributed by atoms with Crippen LogP contribution in [0.5, 0.6) is 0 Å². The van der Waals surface area contributed by atoms with Gasteiger partial charge in [-0.2, -0.15) is 0 Å². The summed E-state index contributed by atoms with van der Waals surface area (Å²) < 4.78 is 13.4. The van der Waals surface area contributed by atoms with Crippen molar-refractivity contribution in [2.24, 2.45) is 11.8 Å². The van der Waals surface area contributed by atoms with Crippen LogP contribution in [0.1, 0.15) is 24.8 Å². The summed E-state index contributed by atoms with van der Waals surface area (Å²) in [5, 5.41) is 3.21. The number of anilines is 1. The quantitative estimate of drug-likeness (QED) is 0.811. The third-order valence-corrected chi connectivity index (χ3v) is 6.14. The fourth-order valence-electron chi connectivity index (χ4n) is 4.57. The van der Waals surface area contributed by atoms with Crippen LogP contribution in [-0.2, 0) is 11.3 Å². The van der Waals surface area contributed by atoms with Crippen molar-refractivity contribution in [3.8, 4) is 0 Å². The Morgan fingerprint density at radius 1 is 1.03 bits per heavy atom. The van der Waals surface area contributed by atoms with E-state index in [1.807, 2.05) is 12.1 Å². The third kappa shape index (κ3) is 5.36. The van der Waals surface area contributed by atoms with Crippen molar-refractivity contribution in [3.63, 3.8) is 0 Å². The van der Waals surface area contributed by atoms with Gasteiger partial charge in [0, 0.05) is 38.4 Å². The SMILES string of the molecule is O=C(NCC1CCN(c2ccccc2)C1)C1CCCN(Cc2cccc(F)c2)C1. The van der Waals surface area contributed by atoms with Crippen LogP contribution in [0.2, 0.25) is 0 Å². The number of amides is 1. The van der Waals surface area contributed by atoms with Gasteiger partial charge in [0.1, 0.15) is 5.82 Å². The molecule has 0 radical (unpaired) electrons. The zero-order valence-corrected chi connectivity index (χ0v) is 16.9. The van der Waals surface area contributed by atoms with Crippen LogP contribution in [-0.4, -0.2) is 43.5 Å². The van der Waals surface area contributed by atoms with Crippen molar-refractivity contribution < 1.29 is 9.18 Å². The molecule has 4 nitrogen and oxygen atoms in total. The predicted octanol–water partition coefficient (Wildman–Crippen LogP) is 3.68. The van der Waals surface area contributed by atoms with Gasteiger partial charge in [-0.1, -0.05) is 30.3 Å². The number of halogens is 1. The average Bonchev–Trinajstić information content (AvgIpc) is 3.22. The van der Waals surface area contributed by atoms with E-state index < -0.39 is 0 Å². The second-order valence-corrected chi connectivity index (χ2v) is 8.39. The molecule has 0 aromatic heterocycles. The second kappa shape index (κ2) is 9.40. The van der Waals surface area contributed by atoms with Gasteiger partial charge in [-0.05, 0) is 61.6 Å². The molecule has 2 atom stereocenters. The molecule has 2 aliphatic rings. The van der Waals surface area contributed by atoms with Crippen LogP contribution >= 0.6 is 0 Å². The average molecular weight is 396 g/mol. The van der Waals surface area contributed by atoms with E-state index >= 15 is 0 Å². The molecule has 2 fully saturated rings. The molecule has 1 amide bonds. The lowest BCUT2D eigenvalue weighted by molar-refractivity contribution is -0.126. The number of carbonyl (C=O) groups excluding carboxylic acids is 1. The highest BCUT2D eigenvalue weighted by molar-refractivity contribution is 5.79. The van der Waals surface area contributed by atoms with E-state index in [2.05, 4.69) is 39.4 Å². The Bertz CT molecular complexity index is 813. The lowest BCUT2D eigenvalue weighted by atomic mass is 9.96. The summed E-state index contributed by atoms with van der Waals surface area (Å²) in [4.78, 5) is 17.4. The zero-order chi connectivity index (χ0) is 20.1. The number of hydrogen-bond donors (Lipinski definition) is 1. The minimum Gasteiger partial charge on any atom is -0.371 e. The second-order valence-electron chi connectivity index (χ2n) is 8.39. The summed E-state index contributed by atoms with van der Waals surface area (Å²) >= 11 is 0. The van der Waals surface area contributed by atoms with Crippen molar-refractivity contribution in [1.29, 1.82) is 0 Å². The van der Waals surface area contributed by atoms with Crippen LogP contribution in [0.25, 0.3) is 0 Å². The van der Waals surface area contributed by atoms with E-state index in [-0.39, 0.29) is 17.6 Å². The van der Waals surface area contributed by atoms with Gasteiger partial charge in [-0.3, -0.25) is 9.69 Å². The lowest BCUT2D eigenvalue weighted by Crippen LogP contribution is -2.44. The van der Waals surface area contributed by atoms with E-state index in [1.54, 1.807) is 12.1 Å². The Kier molecular flexibility index (Phi) is 6.45. The summed E-state index contributed by atoms with van der Waals surface area (Å²) in [5.74, 6) is 0.511. The van der Waals surface area contributed by atoms with Crippen molar-refractivity contribution in [3.05, 3.63) is 66.0 Å². The highest BCUT2D eigenvalue weighted by Crippen LogP contribution is 2.24. The number of likely N-dealkylation sites (tertiary alicyclic amines) is 1. The molecule has 2 aromatic rings. The summed E-state index contributed by atoms with van der Waals surface area (Å²) in [7, 11) is 0. The van der Waals surface area contributed by atoms with Crippen LogP contribution in [0.4, 0.5) is 10.1 Å². The maximum Gasteiger partial charge on any atom is 0.224 e. The first-order valence-corrected chi connectivity index (χ1v) is 10.7. The summed E-state index contributed by atoms with van der Waals surface area (Å²) in [6.07, 6.45) is 3.07. The van der Waals surface area contributed by atoms with Crippen LogP contribution in [0.3, 0.4) is 0 Å². The van der Waals surface area contributed by atoms with Crippen molar-refractivity contribution >= 4 is 11.6 Å². The molecular weight excluding hydrogens is 365 g/mol. The minimum atomic E-state index is -0.199. The molecule has 0 bridgehead atoms. The summed E-state index contributed by atoms with van der Waals surface area (Å²) in [6.45, 7) is 5.23. The molecule has 2 aromatic carbocycles. The Labute approximate surface area is 172 Å². The number of nitrogens with one attached hydrogen (secondary N) is 1. The molecule has 1 N–H and O–H groups in total. The Morgan fingerprint density at radius 2 is 1.90 bits per heavy atom. The minimum absolute atomic E-state index is 0.0314. The number of rotatable bonds is 6. The van der Waals surface area contributed by atoms with E-state index in [9.17, 15) is 9.18 Å². The van der Waals surface area contributed by atoms with Gasteiger partial charge in [0.05, 0.1) is 5.92 Å². The Balaban J connectivity index is 1.23. The number of hydrogen-bond acceptors (Lipinski definition) is 3. The smallest absolute Gasteiger partial charge is 0.224 e. The van der Waals surface area contributed by atoms with Crippen LogP contribution in [0.15, 0.2) is 54.6 Å². The van der Waals surface area contributed by atoms with Crippen LogP contribution < -0.4 is 10.2 Å². The molecule has 0 aliphatic carbocycles. The van der Waals surface area contributed by atoms with Gasteiger partial charge < -0.3 is 10.2 Å². The molecule has 4 rings (SSSR count). The van der Waals surface area contributed by atoms with Crippen molar-refractivity contribution in [1.82, 2.24) is 10.2 Å². The number of carbonyl (C=O) groups is 1. The maximum absolute atomic E-state index is 13.4. The predicted molar refractivity (Wildman–Crippen MR) is 114 cm³/mol. The molecule has 2 heterocycles. The molecule has 29 heavy (non-hydrogen) atoms. The van der Waals surface area contributed by atoms with Crippen molar-refractivity contribution in [2.45, 2.75) is 25.8 Å². The molecule has 0 spiro atoms. The standard InChI is InChI=1S/C24H30FN3O/c25-22-8-4-6-19(14-22)16-27-12-5-7-21(18-27)24(29)26-15-20-11-13-28(17-20)23-9-2-1-3-10-23/h1-4,6,8-10,14,20-21H,5,7,11-13,15-18H2,(H,26,29). The first-order chi connectivity index (χ1) is 14.2. The zero-order valence-electron chi connectivity index (χ0n) is 16.9. The van der Waals surface area contributed by atoms with Gasteiger partial charge in [0.15, 0.2) is 0 Å². The fraction of sp³-hybridized carbons (Fsp3) is 0.458. The molecule has 2 unspecified atom stereocenters.